The average Bonchev–Trinajstić information content (AvgIpc) is 2.98. The minimum Gasteiger partial charge on any atom is -0.152 e. The van der Waals surface area contributed by atoms with Crippen LogP contribution in [0.25, 0.3) is 10.5 Å². The van der Waals surface area contributed by atoms with Gasteiger partial charge in [0.05, 0.1) is 5.25 Å². The molecule has 0 nitrogen and oxygen atoms in total. The predicted molar refractivity (Wildman–Crippen MR) is 113 cm³/mol. The van der Waals surface area contributed by atoms with Crippen LogP contribution in [-0.2, 0) is 0 Å². The maximum absolute atomic E-state index is 2.28. The van der Waals surface area contributed by atoms with E-state index in [1.165, 1.54) is 37.6 Å². The van der Waals surface area contributed by atoms with Gasteiger partial charge in [0.1, 0.15) is 0 Å². The second-order valence-electron chi connectivity index (χ2n) is 6.23. The first-order chi connectivity index (χ1) is 12.3. The number of hydrogen-bond donors (Lipinski definition) is 0. The van der Waals surface area contributed by atoms with E-state index in [0.717, 1.165) is 0 Å². The van der Waals surface area contributed by atoms with Gasteiger partial charge in [-0.05, 0) is 47.6 Å². The summed E-state index contributed by atoms with van der Waals surface area (Å²) in [6.45, 7) is 2.14. The Labute approximate surface area is 158 Å². The molecule has 0 saturated carbocycles. The molecule has 0 aromatic heterocycles. The zero-order valence-corrected chi connectivity index (χ0v) is 16.0. The van der Waals surface area contributed by atoms with Gasteiger partial charge in [-0.15, -0.1) is 0 Å². The van der Waals surface area contributed by atoms with Crippen LogP contribution in [0.5, 0.6) is 0 Å². The van der Waals surface area contributed by atoms with E-state index in [4.69, 9.17) is 0 Å². The van der Waals surface area contributed by atoms with Crippen LogP contribution in [0.4, 0.5) is 0 Å². The smallest absolute Gasteiger partial charge is 0.0567 e. The van der Waals surface area contributed by atoms with Crippen molar-refractivity contribution in [2.24, 2.45) is 0 Å². The predicted octanol–water partition coefficient (Wildman–Crippen LogP) is 7.07. The van der Waals surface area contributed by atoms with Gasteiger partial charge in [-0.2, -0.15) is 11.8 Å². The van der Waals surface area contributed by atoms with Crippen LogP contribution in [0.1, 0.15) is 27.5 Å². The van der Waals surface area contributed by atoms with Crippen LogP contribution in [0, 0.1) is 6.92 Å². The summed E-state index contributed by atoms with van der Waals surface area (Å²) in [6, 6.07) is 28.5. The number of hydrogen-bond acceptors (Lipinski definition) is 2. The summed E-state index contributed by atoms with van der Waals surface area (Å²) in [7, 11) is 0. The maximum Gasteiger partial charge on any atom is 0.0567 e. The summed E-state index contributed by atoms with van der Waals surface area (Å²) >= 11 is 3.81. The van der Waals surface area contributed by atoms with Crippen LogP contribution in [0.3, 0.4) is 0 Å². The lowest BCUT2D eigenvalue weighted by Gasteiger charge is -2.15. The van der Waals surface area contributed by atoms with E-state index in [-0.39, 0.29) is 0 Å². The molecular weight excluding hydrogens is 340 g/mol. The lowest BCUT2D eigenvalue weighted by molar-refractivity contribution is 1.28. The second kappa shape index (κ2) is 7.15. The Morgan fingerprint density at radius 1 is 0.760 bits per heavy atom. The van der Waals surface area contributed by atoms with Crippen LogP contribution in [0.2, 0.25) is 0 Å². The van der Waals surface area contributed by atoms with Crippen molar-refractivity contribution >= 4 is 34.0 Å². The lowest BCUT2D eigenvalue weighted by atomic mass is 10.0. The van der Waals surface area contributed by atoms with Crippen LogP contribution < -0.4 is 0 Å². The van der Waals surface area contributed by atoms with E-state index in [1.54, 1.807) is 0 Å². The summed E-state index contributed by atoms with van der Waals surface area (Å²) in [5.41, 5.74) is 6.89. The Balaban J connectivity index is 1.87. The van der Waals surface area contributed by atoms with Gasteiger partial charge < -0.3 is 0 Å². The first-order valence-corrected chi connectivity index (χ1v) is 10.5. The minimum atomic E-state index is 0.395. The topological polar surface area (TPSA) is 0 Å². The SMILES string of the molecule is CSC1C(c2ccccc2)=C(Sc2ccc(C)cc2)c2ccccc21. The average molecular weight is 361 g/mol. The highest BCUT2D eigenvalue weighted by Crippen LogP contribution is 2.56. The number of rotatable bonds is 4. The van der Waals surface area contributed by atoms with Gasteiger partial charge in [-0.1, -0.05) is 84.1 Å². The van der Waals surface area contributed by atoms with Gasteiger partial charge >= 0.3 is 0 Å². The van der Waals surface area contributed by atoms with Crippen LogP contribution >= 0.6 is 23.5 Å². The minimum absolute atomic E-state index is 0.395. The van der Waals surface area contributed by atoms with Crippen molar-refractivity contribution in [2.75, 3.05) is 6.26 Å². The van der Waals surface area contributed by atoms with Gasteiger partial charge in [0, 0.05) is 9.80 Å². The van der Waals surface area contributed by atoms with Crippen molar-refractivity contribution in [3.05, 3.63) is 101 Å². The standard InChI is InChI=1S/C23H20S2/c1-16-12-14-18(15-13-16)25-23-20-11-7-6-10-19(20)22(24-2)21(23)17-8-4-3-5-9-17/h3-15,22H,1-2H3. The molecule has 0 radical (unpaired) electrons. The fraction of sp³-hybridized carbons (Fsp3) is 0.130. The Morgan fingerprint density at radius 3 is 2.16 bits per heavy atom. The van der Waals surface area contributed by atoms with Gasteiger partial charge in [0.2, 0.25) is 0 Å². The molecule has 0 bridgehead atoms. The van der Waals surface area contributed by atoms with E-state index >= 15 is 0 Å². The molecule has 0 amide bonds. The van der Waals surface area contributed by atoms with Crippen molar-refractivity contribution in [1.82, 2.24) is 0 Å². The van der Waals surface area contributed by atoms with Gasteiger partial charge in [0.15, 0.2) is 0 Å². The highest BCUT2D eigenvalue weighted by atomic mass is 32.2. The maximum atomic E-state index is 2.28. The molecule has 124 valence electrons. The first-order valence-electron chi connectivity index (χ1n) is 8.44. The van der Waals surface area contributed by atoms with Crippen LogP contribution in [0.15, 0.2) is 83.8 Å². The van der Waals surface area contributed by atoms with Crippen molar-refractivity contribution in [3.63, 3.8) is 0 Å². The molecule has 0 spiro atoms. The normalized spacial score (nSPS) is 16.2. The van der Waals surface area contributed by atoms with Crippen molar-refractivity contribution in [1.29, 1.82) is 0 Å². The number of benzene rings is 3. The highest BCUT2D eigenvalue weighted by molar-refractivity contribution is 8.08. The van der Waals surface area contributed by atoms with E-state index < -0.39 is 0 Å². The Hall–Kier alpha value is -1.90. The molecule has 25 heavy (non-hydrogen) atoms. The molecule has 1 atom stereocenters. The van der Waals surface area contributed by atoms with E-state index in [2.05, 4.69) is 92.0 Å². The monoisotopic (exact) mass is 360 g/mol. The third-order valence-electron chi connectivity index (χ3n) is 4.56. The molecular formula is C23H20S2. The molecule has 1 aliphatic rings. The molecule has 0 heterocycles. The third kappa shape index (κ3) is 3.17. The van der Waals surface area contributed by atoms with Crippen molar-refractivity contribution in [3.8, 4) is 0 Å². The van der Waals surface area contributed by atoms with Crippen molar-refractivity contribution in [2.45, 2.75) is 17.1 Å². The molecule has 2 heteroatoms. The molecule has 1 unspecified atom stereocenters. The molecule has 1 aliphatic carbocycles. The van der Waals surface area contributed by atoms with Gasteiger partial charge in [-0.3, -0.25) is 0 Å². The quantitative estimate of drug-likeness (QED) is 0.488. The zero-order chi connectivity index (χ0) is 17.2. The molecule has 0 saturated heterocycles. The Morgan fingerprint density at radius 2 is 1.44 bits per heavy atom. The van der Waals surface area contributed by atoms with Crippen molar-refractivity contribution < 1.29 is 0 Å². The van der Waals surface area contributed by atoms with E-state index in [0.29, 0.717) is 5.25 Å². The highest BCUT2D eigenvalue weighted by Gasteiger charge is 2.31. The first kappa shape index (κ1) is 16.6. The summed E-state index contributed by atoms with van der Waals surface area (Å²) < 4.78 is 0. The molecule has 3 aromatic rings. The molecule has 4 rings (SSSR count). The Bertz CT molecular complexity index is 908. The van der Waals surface area contributed by atoms with E-state index in [1.807, 2.05) is 23.5 Å². The summed E-state index contributed by atoms with van der Waals surface area (Å²) in [5, 5.41) is 0.395. The molecule has 0 N–H and O–H groups in total. The van der Waals surface area contributed by atoms with Crippen LogP contribution in [-0.4, -0.2) is 6.26 Å². The zero-order valence-electron chi connectivity index (χ0n) is 14.4. The Kier molecular flexibility index (Phi) is 4.74. The number of thioether (sulfide) groups is 2. The summed E-state index contributed by atoms with van der Waals surface area (Å²) in [5.74, 6) is 0. The van der Waals surface area contributed by atoms with E-state index in [9.17, 15) is 0 Å². The molecule has 3 aromatic carbocycles. The number of aryl methyl sites for hydroxylation is 1. The van der Waals surface area contributed by atoms with Gasteiger partial charge in [0.25, 0.3) is 0 Å². The fourth-order valence-corrected chi connectivity index (χ4v) is 5.50. The lowest BCUT2D eigenvalue weighted by Crippen LogP contribution is -1.93. The summed E-state index contributed by atoms with van der Waals surface area (Å²) in [6.07, 6.45) is 2.21. The third-order valence-corrected chi connectivity index (χ3v) is 6.67. The largest absolute Gasteiger partial charge is 0.152 e. The fourth-order valence-electron chi connectivity index (χ4n) is 3.33. The summed E-state index contributed by atoms with van der Waals surface area (Å²) in [4.78, 5) is 2.69. The molecule has 0 aliphatic heterocycles. The second-order valence-corrected chi connectivity index (χ2v) is 8.25. The van der Waals surface area contributed by atoms with Gasteiger partial charge in [-0.25, -0.2) is 0 Å². The molecule has 0 fully saturated rings. The number of fused-ring (bicyclic) bond motifs is 1.